The van der Waals surface area contributed by atoms with Crippen LogP contribution in [0.1, 0.15) is 12.0 Å². The molecule has 4 amide bonds. The SMILES string of the molecule is O=C1NC(=O)N(c2ccc(Br)cc2)C(=O)C1=Cc1ccc(OCCCOc2ccc(Cl)cc2)cc1. The molecule has 1 N–H and O–H groups in total. The molecule has 3 aromatic rings. The number of nitrogens with zero attached hydrogens (tertiary/aromatic N) is 1. The van der Waals surface area contributed by atoms with Gasteiger partial charge in [0.15, 0.2) is 0 Å². The smallest absolute Gasteiger partial charge is 0.335 e. The van der Waals surface area contributed by atoms with Crippen molar-refractivity contribution in [1.29, 1.82) is 0 Å². The lowest BCUT2D eigenvalue weighted by atomic mass is 10.1. The summed E-state index contributed by atoms with van der Waals surface area (Å²) in [6, 6.07) is 20.0. The number of amides is 4. The Labute approximate surface area is 215 Å². The number of urea groups is 1. The molecule has 3 aromatic carbocycles. The van der Waals surface area contributed by atoms with Crippen LogP contribution < -0.4 is 19.7 Å². The number of hydrogen-bond acceptors (Lipinski definition) is 5. The van der Waals surface area contributed by atoms with Crippen LogP contribution in [-0.4, -0.2) is 31.1 Å². The lowest BCUT2D eigenvalue weighted by Gasteiger charge is -2.26. The quantitative estimate of drug-likeness (QED) is 0.222. The molecule has 0 atom stereocenters. The first kappa shape index (κ1) is 24.5. The second-order valence-corrected chi connectivity index (χ2v) is 8.86. The largest absolute Gasteiger partial charge is 0.493 e. The first-order valence-electron chi connectivity index (χ1n) is 10.7. The van der Waals surface area contributed by atoms with Crippen molar-refractivity contribution in [2.75, 3.05) is 18.1 Å². The molecule has 0 unspecified atom stereocenters. The summed E-state index contributed by atoms with van der Waals surface area (Å²) in [5, 5.41) is 2.87. The van der Waals surface area contributed by atoms with E-state index in [0.29, 0.717) is 41.7 Å². The minimum atomic E-state index is -0.789. The molecule has 4 rings (SSSR count). The van der Waals surface area contributed by atoms with Crippen LogP contribution in [0.5, 0.6) is 11.5 Å². The third-order valence-corrected chi connectivity index (χ3v) is 5.80. The average Bonchev–Trinajstić information content (AvgIpc) is 2.84. The number of halogens is 2. The Kier molecular flexibility index (Phi) is 7.84. The average molecular weight is 556 g/mol. The lowest BCUT2D eigenvalue weighted by Crippen LogP contribution is -2.54. The van der Waals surface area contributed by atoms with Crippen LogP contribution in [0.2, 0.25) is 5.02 Å². The van der Waals surface area contributed by atoms with Crippen molar-refractivity contribution in [1.82, 2.24) is 5.32 Å². The van der Waals surface area contributed by atoms with Gasteiger partial charge < -0.3 is 9.47 Å². The minimum Gasteiger partial charge on any atom is -0.493 e. The molecular weight excluding hydrogens is 536 g/mol. The summed E-state index contributed by atoms with van der Waals surface area (Å²) in [6.45, 7) is 0.954. The number of benzene rings is 3. The van der Waals surface area contributed by atoms with E-state index in [4.69, 9.17) is 21.1 Å². The van der Waals surface area contributed by atoms with Gasteiger partial charge in [0.2, 0.25) is 0 Å². The predicted molar refractivity (Wildman–Crippen MR) is 137 cm³/mol. The number of barbiturate groups is 1. The summed E-state index contributed by atoms with van der Waals surface area (Å²) in [5.74, 6) is -0.0466. The van der Waals surface area contributed by atoms with Gasteiger partial charge in [0.05, 0.1) is 18.9 Å². The van der Waals surface area contributed by atoms with Crippen LogP contribution in [0, 0.1) is 0 Å². The van der Waals surface area contributed by atoms with Gasteiger partial charge in [-0.2, -0.15) is 0 Å². The third-order valence-electron chi connectivity index (χ3n) is 5.02. The van der Waals surface area contributed by atoms with Gasteiger partial charge in [-0.1, -0.05) is 39.7 Å². The zero-order valence-electron chi connectivity index (χ0n) is 18.4. The highest BCUT2D eigenvalue weighted by atomic mass is 79.9. The molecule has 0 radical (unpaired) electrons. The van der Waals surface area contributed by atoms with E-state index in [9.17, 15) is 14.4 Å². The van der Waals surface area contributed by atoms with Crippen LogP contribution >= 0.6 is 27.5 Å². The Hall–Kier alpha value is -3.62. The van der Waals surface area contributed by atoms with Crippen molar-refractivity contribution in [3.63, 3.8) is 0 Å². The van der Waals surface area contributed by atoms with Gasteiger partial charge in [-0.3, -0.25) is 14.9 Å². The van der Waals surface area contributed by atoms with Gasteiger partial charge in [0.1, 0.15) is 17.1 Å². The highest BCUT2D eigenvalue weighted by Crippen LogP contribution is 2.24. The molecule has 1 fully saturated rings. The van der Waals surface area contributed by atoms with Crippen LogP contribution in [0.25, 0.3) is 6.08 Å². The molecule has 1 aliphatic heterocycles. The fourth-order valence-electron chi connectivity index (χ4n) is 3.28. The summed E-state index contributed by atoms with van der Waals surface area (Å²) < 4.78 is 12.2. The Morgan fingerprint density at radius 1 is 0.829 bits per heavy atom. The Morgan fingerprint density at radius 2 is 1.40 bits per heavy atom. The number of anilines is 1. The van der Waals surface area contributed by atoms with Gasteiger partial charge in [0, 0.05) is 15.9 Å². The van der Waals surface area contributed by atoms with Crippen LogP contribution in [0.3, 0.4) is 0 Å². The standard InChI is InChI=1S/C26H20BrClN2O5/c27-18-4-8-20(9-5-18)30-25(32)23(24(31)29-26(30)33)16-17-2-10-21(11-3-17)34-14-1-15-35-22-12-6-19(28)7-13-22/h2-13,16H,1,14-15H2,(H,29,31,33). The Balaban J connectivity index is 1.35. The second-order valence-electron chi connectivity index (χ2n) is 7.51. The number of ether oxygens (including phenoxy) is 2. The highest BCUT2D eigenvalue weighted by molar-refractivity contribution is 9.10. The number of carbonyl (C=O) groups excluding carboxylic acids is 3. The summed E-state index contributed by atoms with van der Waals surface area (Å²) >= 11 is 9.17. The van der Waals surface area contributed by atoms with E-state index in [1.807, 2.05) is 12.1 Å². The molecule has 1 aliphatic rings. The number of hydrogen-bond donors (Lipinski definition) is 1. The lowest BCUT2D eigenvalue weighted by molar-refractivity contribution is -0.122. The van der Waals surface area contributed by atoms with Gasteiger partial charge >= 0.3 is 6.03 Å². The highest BCUT2D eigenvalue weighted by Gasteiger charge is 2.36. The van der Waals surface area contributed by atoms with Crippen molar-refractivity contribution >= 4 is 57.1 Å². The zero-order chi connectivity index (χ0) is 24.8. The number of imide groups is 2. The second kappa shape index (κ2) is 11.2. The summed E-state index contributed by atoms with van der Waals surface area (Å²) in [4.78, 5) is 38.5. The minimum absolute atomic E-state index is 0.138. The van der Waals surface area contributed by atoms with Crippen molar-refractivity contribution in [2.24, 2.45) is 0 Å². The Morgan fingerprint density at radius 3 is 2.00 bits per heavy atom. The molecule has 0 aromatic heterocycles. The Bertz CT molecular complexity index is 1260. The van der Waals surface area contributed by atoms with E-state index in [1.165, 1.54) is 6.08 Å². The molecule has 178 valence electrons. The number of carbonyl (C=O) groups is 3. The molecule has 7 nitrogen and oxygen atoms in total. The van der Waals surface area contributed by atoms with Crippen LogP contribution in [0.15, 0.2) is 82.8 Å². The molecule has 0 saturated carbocycles. The monoisotopic (exact) mass is 554 g/mol. The molecule has 1 saturated heterocycles. The van der Waals surface area contributed by atoms with Crippen molar-refractivity contribution in [3.05, 3.63) is 93.4 Å². The fourth-order valence-corrected chi connectivity index (χ4v) is 3.67. The van der Waals surface area contributed by atoms with Crippen molar-refractivity contribution in [3.8, 4) is 11.5 Å². The summed E-state index contributed by atoms with van der Waals surface area (Å²) in [5.41, 5.74) is 0.838. The van der Waals surface area contributed by atoms with Crippen molar-refractivity contribution in [2.45, 2.75) is 6.42 Å². The van der Waals surface area contributed by atoms with E-state index in [0.717, 1.165) is 15.1 Å². The van der Waals surface area contributed by atoms with E-state index < -0.39 is 17.8 Å². The summed E-state index contributed by atoms with van der Waals surface area (Å²) in [7, 11) is 0. The molecule has 1 heterocycles. The maximum atomic E-state index is 12.9. The van der Waals surface area contributed by atoms with Crippen LogP contribution in [-0.2, 0) is 9.59 Å². The van der Waals surface area contributed by atoms with Gasteiger partial charge in [-0.25, -0.2) is 9.69 Å². The van der Waals surface area contributed by atoms with Gasteiger partial charge in [0.25, 0.3) is 11.8 Å². The topological polar surface area (TPSA) is 84.9 Å². The molecule has 0 bridgehead atoms. The van der Waals surface area contributed by atoms with E-state index in [2.05, 4.69) is 21.2 Å². The maximum Gasteiger partial charge on any atom is 0.335 e. The predicted octanol–water partition coefficient (Wildman–Crippen LogP) is 5.62. The normalized spacial score (nSPS) is 14.7. The van der Waals surface area contributed by atoms with E-state index in [-0.39, 0.29) is 5.57 Å². The molecule has 0 aliphatic carbocycles. The fraction of sp³-hybridized carbons (Fsp3) is 0.115. The number of nitrogens with one attached hydrogen (secondary N) is 1. The van der Waals surface area contributed by atoms with Crippen LogP contribution in [0.4, 0.5) is 10.5 Å². The summed E-state index contributed by atoms with van der Waals surface area (Å²) in [6.07, 6.45) is 2.13. The molecule has 0 spiro atoms. The van der Waals surface area contributed by atoms with Gasteiger partial charge in [-0.15, -0.1) is 0 Å². The van der Waals surface area contributed by atoms with Gasteiger partial charge in [-0.05, 0) is 72.3 Å². The third kappa shape index (κ3) is 6.29. The number of rotatable bonds is 8. The first-order valence-corrected chi connectivity index (χ1v) is 11.9. The van der Waals surface area contributed by atoms with Crippen molar-refractivity contribution < 1.29 is 23.9 Å². The van der Waals surface area contributed by atoms with E-state index in [1.54, 1.807) is 60.7 Å². The van der Waals surface area contributed by atoms with E-state index >= 15 is 0 Å². The molecule has 35 heavy (non-hydrogen) atoms. The maximum absolute atomic E-state index is 12.9. The molecular formula is C26H20BrClN2O5. The molecule has 9 heteroatoms. The zero-order valence-corrected chi connectivity index (χ0v) is 20.7. The first-order chi connectivity index (χ1) is 16.9.